The molecule has 1 heterocycles. The average Bonchev–Trinajstić information content (AvgIpc) is 2.41. The standard InChI is InChI=1S/C15H13NO2/c17-14-11-5-2-1-4-10(11)7-8-12(14)13-6-3-9-16-15(13)18/h1-6,9,12H,7-8H2,(H,16,18). The molecule has 0 spiro atoms. The number of carbonyl (C=O) groups excluding carboxylic acids is 1. The van der Waals surface area contributed by atoms with Gasteiger partial charge in [0.2, 0.25) is 0 Å². The molecule has 1 N–H and O–H groups in total. The van der Waals surface area contributed by atoms with E-state index in [1.54, 1.807) is 18.3 Å². The predicted octanol–water partition coefficient (Wildman–Crippen LogP) is 2.29. The molecule has 0 aliphatic heterocycles. The molecule has 1 aliphatic carbocycles. The van der Waals surface area contributed by atoms with Crippen LogP contribution in [0.4, 0.5) is 0 Å². The highest BCUT2D eigenvalue weighted by molar-refractivity contribution is 6.03. The molecule has 0 saturated carbocycles. The second-order valence-corrected chi connectivity index (χ2v) is 4.57. The summed E-state index contributed by atoms with van der Waals surface area (Å²) in [5.41, 5.74) is 2.27. The number of nitrogens with one attached hydrogen (secondary N) is 1. The van der Waals surface area contributed by atoms with Gasteiger partial charge in [-0.2, -0.15) is 0 Å². The van der Waals surface area contributed by atoms with Crippen molar-refractivity contribution < 1.29 is 4.79 Å². The third-order valence-corrected chi connectivity index (χ3v) is 3.53. The van der Waals surface area contributed by atoms with Gasteiger partial charge in [0.1, 0.15) is 0 Å². The van der Waals surface area contributed by atoms with Crippen molar-refractivity contribution in [2.75, 3.05) is 0 Å². The Labute approximate surface area is 104 Å². The summed E-state index contributed by atoms with van der Waals surface area (Å²) in [6.45, 7) is 0. The van der Waals surface area contributed by atoms with Gasteiger partial charge in [0.15, 0.2) is 5.78 Å². The molecule has 0 saturated heterocycles. The van der Waals surface area contributed by atoms with Gasteiger partial charge in [-0.25, -0.2) is 0 Å². The van der Waals surface area contributed by atoms with E-state index in [2.05, 4.69) is 4.98 Å². The van der Waals surface area contributed by atoms with Crippen LogP contribution < -0.4 is 5.56 Å². The lowest BCUT2D eigenvalue weighted by atomic mass is 9.79. The van der Waals surface area contributed by atoms with E-state index in [4.69, 9.17) is 0 Å². The fraction of sp³-hybridized carbons (Fsp3) is 0.200. The number of H-pyrrole nitrogens is 1. The summed E-state index contributed by atoms with van der Waals surface area (Å²) in [5.74, 6) is -0.238. The number of Topliss-reactive ketones (excluding diaryl/α,β-unsaturated/α-hetero) is 1. The first kappa shape index (κ1) is 11.0. The van der Waals surface area contributed by atoms with Gasteiger partial charge in [-0.3, -0.25) is 9.59 Å². The number of ketones is 1. The van der Waals surface area contributed by atoms with Gasteiger partial charge in [0, 0.05) is 17.3 Å². The Morgan fingerprint density at radius 3 is 2.72 bits per heavy atom. The molecule has 1 unspecified atom stereocenters. The number of aromatic amines is 1. The summed E-state index contributed by atoms with van der Waals surface area (Å²) in [6, 6.07) is 11.2. The minimum Gasteiger partial charge on any atom is -0.329 e. The fourth-order valence-corrected chi connectivity index (χ4v) is 2.60. The third kappa shape index (κ3) is 1.68. The van der Waals surface area contributed by atoms with Crippen molar-refractivity contribution in [3.05, 3.63) is 69.6 Å². The Morgan fingerprint density at radius 1 is 1.06 bits per heavy atom. The topological polar surface area (TPSA) is 49.9 Å². The Balaban J connectivity index is 2.06. The minimum absolute atomic E-state index is 0.0635. The zero-order valence-electron chi connectivity index (χ0n) is 9.85. The summed E-state index contributed by atoms with van der Waals surface area (Å²) < 4.78 is 0. The molecule has 3 rings (SSSR count). The second-order valence-electron chi connectivity index (χ2n) is 4.57. The molecular formula is C15H13NO2. The summed E-state index contributed by atoms with van der Waals surface area (Å²) >= 11 is 0. The number of carbonyl (C=O) groups is 1. The van der Waals surface area contributed by atoms with Crippen LogP contribution in [-0.2, 0) is 6.42 Å². The monoisotopic (exact) mass is 239 g/mol. The highest BCUT2D eigenvalue weighted by atomic mass is 16.1. The first-order chi connectivity index (χ1) is 8.77. The molecular weight excluding hydrogens is 226 g/mol. The summed E-state index contributed by atoms with van der Waals surface area (Å²) in [6.07, 6.45) is 3.15. The SMILES string of the molecule is O=C1c2ccccc2CCC1c1ccc[nH]c1=O. The highest BCUT2D eigenvalue weighted by Gasteiger charge is 2.29. The van der Waals surface area contributed by atoms with Gasteiger partial charge < -0.3 is 4.98 Å². The molecule has 0 amide bonds. The van der Waals surface area contributed by atoms with Gasteiger partial charge >= 0.3 is 0 Å². The minimum atomic E-state index is -0.301. The van der Waals surface area contributed by atoms with E-state index in [9.17, 15) is 9.59 Å². The lowest BCUT2D eigenvalue weighted by Gasteiger charge is -2.22. The van der Waals surface area contributed by atoms with Crippen molar-refractivity contribution in [1.29, 1.82) is 0 Å². The maximum atomic E-state index is 12.4. The summed E-state index contributed by atoms with van der Waals surface area (Å²) in [5, 5.41) is 0. The maximum absolute atomic E-state index is 12.4. The molecule has 18 heavy (non-hydrogen) atoms. The van der Waals surface area contributed by atoms with Gasteiger partial charge in [-0.15, -0.1) is 0 Å². The lowest BCUT2D eigenvalue weighted by Crippen LogP contribution is -2.26. The molecule has 0 bridgehead atoms. The van der Waals surface area contributed by atoms with Crippen molar-refractivity contribution >= 4 is 5.78 Å². The molecule has 90 valence electrons. The van der Waals surface area contributed by atoms with Crippen molar-refractivity contribution in [2.45, 2.75) is 18.8 Å². The van der Waals surface area contributed by atoms with Crippen LogP contribution in [0.5, 0.6) is 0 Å². The normalized spacial score (nSPS) is 18.4. The number of hydrogen-bond donors (Lipinski definition) is 1. The molecule has 1 aromatic heterocycles. The van der Waals surface area contributed by atoms with Crippen LogP contribution in [0.1, 0.15) is 33.8 Å². The van der Waals surface area contributed by atoms with Crippen LogP contribution >= 0.6 is 0 Å². The van der Waals surface area contributed by atoms with Gasteiger partial charge in [0.05, 0.1) is 5.92 Å². The second kappa shape index (κ2) is 4.26. The zero-order valence-corrected chi connectivity index (χ0v) is 9.85. The van der Waals surface area contributed by atoms with Gasteiger partial charge in [0.25, 0.3) is 5.56 Å². The van der Waals surface area contributed by atoms with Crippen molar-refractivity contribution in [1.82, 2.24) is 4.98 Å². The number of fused-ring (bicyclic) bond motifs is 1. The van der Waals surface area contributed by atoms with Crippen LogP contribution in [0.2, 0.25) is 0 Å². The smallest absolute Gasteiger partial charge is 0.251 e. The molecule has 2 aromatic rings. The van der Waals surface area contributed by atoms with E-state index in [1.165, 1.54) is 0 Å². The number of rotatable bonds is 1. The van der Waals surface area contributed by atoms with E-state index < -0.39 is 0 Å². The van der Waals surface area contributed by atoms with Crippen molar-refractivity contribution in [3.63, 3.8) is 0 Å². The van der Waals surface area contributed by atoms with Crippen LogP contribution in [0.15, 0.2) is 47.4 Å². The van der Waals surface area contributed by atoms with Crippen molar-refractivity contribution in [3.8, 4) is 0 Å². The summed E-state index contributed by atoms with van der Waals surface area (Å²) in [4.78, 5) is 26.8. The fourth-order valence-electron chi connectivity index (χ4n) is 2.60. The van der Waals surface area contributed by atoms with E-state index in [0.29, 0.717) is 12.0 Å². The quantitative estimate of drug-likeness (QED) is 0.830. The number of pyridine rings is 1. The van der Waals surface area contributed by atoms with Crippen LogP contribution in [0.25, 0.3) is 0 Å². The van der Waals surface area contributed by atoms with E-state index in [-0.39, 0.29) is 17.3 Å². The lowest BCUT2D eigenvalue weighted by molar-refractivity contribution is 0.0945. The first-order valence-electron chi connectivity index (χ1n) is 6.07. The van der Waals surface area contributed by atoms with Crippen LogP contribution in [0.3, 0.4) is 0 Å². The molecule has 1 atom stereocenters. The molecule has 3 heteroatoms. The third-order valence-electron chi connectivity index (χ3n) is 3.53. The van der Waals surface area contributed by atoms with E-state index in [1.807, 2.05) is 24.3 Å². The first-order valence-corrected chi connectivity index (χ1v) is 6.07. The molecule has 0 radical (unpaired) electrons. The average molecular weight is 239 g/mol. The Bertz CT molecular complexity index is 657. The molecule has 3 nitrogen and oxygen atoms in total. The number of benzene rings is 1. The zero-order chi connectivity index (χ0) is 12.5. The van der Waals surface area contributed by atoms with E-state index in [0.717, 1.165) is 17.5 Å². The van der Waals surface area contributed by atoms with Gasteiger partial charge in [-0.05, 0) is 24.5 Å². The molecule has 1 aromatic carbocycles. The maximum Gasteiger partial charge on any atom is 0.251 e. The molecule has 1 aliphatic rings. The highest BCUT2D eigenvalue weighted by Crippen LogP contribution is 2.30. The molecule has 0 fully saturated rings. The van der Waals surface area contributed by atoms with Crippen LogP contribution in [0, 0.1) is 0 Å². The number of aromatic nitrogens is 1. The van der Waals surface area contributed by atoms with E-state index >= 15 is 0 Å². The predicted molar refractivity (Wildman–Crippen MR) is 68.9 cm³/mol. The number of aryl methyl sites for hydroxylation is 1. The van der Waals surface area contributed by atoms with Crippen LogP contribution in [-0.4, -0.2) is 10.8 Å². The Morgan fingerprint density at radius 2 is 1.89 bits per heavy atom. The largest absolute Gasteiger partial charge is 0.329 e. The van der Waals surface area contributed by atoms with Crippen molar-refractivity contribution in [2.24, 2.45) is 0 Å². The Hall–Kier alpha value is -2.16. The van der Waals surface area contributed by atoms with Gasteiger partial charge in [-0.1, -0.05) is 30.3 Å². The number of hydrogen-bond acceptors (Lipinski definition) is 2. The Kier molecular flexibility index (Phi) is 2.59. The summed E-state index contributed by atoms with van der Waals surface area (Å²) in [7, 11) is 0.